The summed E-state index contributed by atoms with van der Waals surface area (Å²) in [7, 11) is -3.77. The Kier molecular flexibility index (Phi) is 7.91. The maximum atomic E-state index is 13.0. The Morgan fingerprint density at radius 1 is 0.853 bits per heavy atom. The highest BCUT2D eigenvalue weighted by atomic mass is 35.5. The first kappa shape index (κ1) is 24.7. The van der Waals surface area contributed by atoms with Crippen LogP contribution in [-0.4, -0.2) is 56.3 Å². The number of carbonyl (C=O) groups excluding carboxylic acids is 1. The normalized spacial score (nSPS) is 15.4. The maximum absolute atomic E-state index is 13.0. The van der Waals surface area contributed by atoms with Crippen molar-refractivity contribution in [3.63, 3.8) is 0 Å². The van der Waals surface area contributed by atoms with E-state index in [4.69, 9.17) is 23.2 Å². The topological polar surface area (TPSA) is 69.7 Å². The Morgan fingerprint density at radius 2 is 1.41 bits per heavy atom. The van der Waals surface area contributed by atoms with Gasteiger partial charge in [0, 0.05) is 31.2 Å². The fourth-order valence-electron chi connectivity index (χ4n) is 4.00. The molecule has 178 valence electrons. The van der Waals surface area contributed by atoms with E-state index < -0.39 is 10.0 Å². The van der Waals surface area contributed by atoms with Gasteiger partial charge >= 0.3 is 0 Å². The first-order chi connectivity index (χ1) is 16.3. The standard InChI is InChI=1S/C25H25Cl2N3O3S/c26-21-11-12-22(27)23(17-21)34(32,33)30-15-13-29(14-16-30)18-24(31)28-25(19-7-3-1-4-8-19)20-9-5-2-6-10-20/h1-12,17,25H,13-16,18H2,(H,28,31). The van der Waals surface area contributed by atoms with Gasteiger partial charge in [-0.15, -0.1) is 0 Å². The molecule has 0 unspecified atom stereocenters. The minimum Gasteiger partial charge on any atom is -0.344 e. The average Bonchev–Trinajstić information content (AvgIpc) is 2.85. The van der Waals surface area contributed by atoms with Gasteiger partial charge in [-0.1, -0.05) is 83.9 Å². The zero-order valence-electron chi connectivity index (χ0n) is 18.4. The summed E-state index contributed by atoms with van der Waals surface area (Å²) >= 11 is 12.1. The van der Waals surface area contributed by atoms with Crippen molar-refractivity contribution in [1.29, 1.82) is 0 Å². The van der Waals surface area contributed by atoms with E-state index in [-0.39, 0.29) is 41.5 Å². The molecule has 0 spiro atoms. The Morgan fingerprint density at radius 3 is 1.97 bits per heavy atom. The molecule has 0 aliphatic carbocycles. The van der Waals surface area contributed by atoms with Gasteiger partial charge in [0.25, 0.3) is 0 Å². The molecule has 0 saturated carbocycles. The molecule has 3 aromatic carbocycles. The van der Waals surface area contributed by atoms with Crippen LogP contribution < -0.4 is 5.32 Å². The summed E-state index contributed by atoms with van der Waals surface area (Å²) in [5.74, 6) is -0.119. The Hall–Kier alpha value is -2.42. The molecular formula is C25H25Cl2N3O3S. The minimum absolute atomic E-state index is 0.00132. The Balaban J connectivity index is 1.39. The van der Waals surface area contributed by atoms with Crippen molar-refractivity contribution in [3.8, 4) is 0 Å². The van der Waals surface area contributed by atoms with Gasteiger partial charge in [0.2, 0.25) is 15.9 Å². The number of halogens is 2. The fraction of sp³-hybridized carbons (Fsp3) is 0.240. The van der Waals surface area contributed by atoms with Gasteiger partial charge in [-0.25, -0.2) is 8.42 Å². The van der Waals surface area contributed by atoms with Crippen LogP contribution in [0.3, 0.4) is 0 Å². The van der Waals surface area contributed by atoms with Crippen molar-refractivity contribution in [1.82, 2.24) is 14.5 Å². The molecule has 1 fully saturated rings. The van der Waals surface area contributed by atoms with Gasteiger partial charge in [0.1, 0.15) is 4.90 Å². The lowest BCUT2D eigenvalue weighted by Crippen LogP contribution is -2.51. The van der Waals surface area contributed by atoms with E-state index in [1.807, 2.05) is 65.6 Å². The van der Waals surface area contributed by atoms with Gasteiger partial charge in [-0.3, -0.25) is 9.69 Å². The third kappa shape index (κ3) is 5.79. The van der Waals surface area contributed by atoms with E-state index in [1.54, 1.807) is 6.07 Å². The van der Waals surface area contributed by atoms with E-state index >= 15 is 0 Å². The summed E-state index contributed by atoms with van der Waals surface area (Å²) in [5.41, 5.74) is 1.99. The second kappa shape index (κ2) is 10.9. The van der Waals surface area contributed by atoms with Crippen LogP contribution in [0.5, 0.6) is 0 Å². The smallest absolute Gasteiger partial charge is 0.244 e. The molecule has 4 rings (SSSR count). The van der Waals surface area contributed by atoms with Gasteiger partial charge < -0.3 is 5.32 Å². The summed E-state index contributed by atoms with van der Waals surface area (Å²) in [6.07, 6.45) is 0. The summed E-state index contributed by atoms with van der Waals surface area (Å²) in [6.45, 7) is 1.58. The van der Waals surface area contributed by atoms with Crippen LogP contribution in [0.15, 0.2) is 83.8 Å². The van der Waals surface area contributed by atoms with E-state index in [2.05, 4.69) is 5.32 Å². The Labute approximate surface area is 210 Å². The number of hydrogen-bond acceptors (Lipinski definition) is 4. The highest BCUT2D eigenvalue weighted by Crippen LogP contribution is 2.28. The van der Waals surface area contributed by atoms with Crippen molar-refractivity contribution >= 4 is 39.1 Å². The molecule has 0 bridgehead atoms. The van der Waals surface area contributed by atoms with Crippen molar-refractivity contribution in [3.05, 3.63) is 100 Å². The molecule has 9 heteroatoms. The van der Waals surface area contributed by atoms with Crippen molar-refractivity contribution < 1.29 is 13.2 Å². The van der Waals surface area contributed by atoms with E-state index in [9.17, 15) is 13.2 Å². The number of benzene rings is 3. The molecule has 3 aromatic rings. The molecule has 1 saturated heterocycles. The van der Waals surface area contributed by atoms with Gasteiger partial charge in [0.05, 0.1) is 17.6 Å². The third-order valence-electron chi connectivity index (χ3n) is 5.78. The zero-order valence-corrected chi connectivity index (χ0v) is 20.7. The summed E-state index contributed by atoms with van der Waals surface area (Å²) < 4.78 is 27.5. The molecule has 1 N–H and O–H groups in total. The number of carbonyl (C=O) groups is 1. The van der Waals surface area contributed by atoms with E-state index in [1.165, 1.54) is 16.4 Å². The lowest BCUT2D eigenvalue weighted by molar-refractivity contribution is -0.123. The zero-order chi connectivity index (χ0) is 24.1. The monoisotopic (exact) mass is 517 g/mol. The predicted octanol–water partition coefficient (Wildman–Crippen LogP) is 4.21. The predicted molar refractivity (Wildman–Crippen MR) is 135 cm³/mol. The van der Waals surface area contributed by atoms with Crippen LogP contribution in [0.25, 0.3) is 0 Å². The minimum atomic E-state index is -3.77. The molecule has 1 aliphatic rings. The summed E-state index contributed by atoms with van der Waals surface area (Å²) in [6, 6.07) is 23.8. The molecule has 34 heavy (non-hydrogen) atoms. The molecule has 0 radical (unpaired) electrons. The third-order valence-corrected chi connectivity index (χ3v) is 8.40. The van der Waals surface area contributed by atoms with Gasteiger partial charge in [-0.05, 0) is 29.3 Å². The SMILES string of the molecule is O=C(CN1CCN(S(=O)(=O)c2cc(Cl)ccc2Cl)CC1)NC(c1ccccc1)c1ccccc1. The number of sulfonamides is 1. The first-order valence-electron chi connectivity index (χ1n) is 10.9. The lowest BCUT2D eigenvalue weighted by Gasteiger charge is -2.34. The fourth-order valence-corrected chi connectivity index (χ4v) is 6.16. The second-order valence-electron chi connectivity index (χ2n) is 8.08. The molecule has 6 nitrogen and oxygen atoms in total. The van der Waals surface area contributed by atoms with E-state index in [0.717, 1.165) is 11.1 Å². The molecule has 1 amide bonds. The summed E-state index contributed by atoms with van der Waals surface area (Å²) in [4.78, 5) is 14.9. The quantitative estimate of drug-likeness (QED) is 0.509. The molecule has 1 aliphatic heterocycles. The highest BCUT2D eigenvalue weighted by molar-refractivity contribution is 7.89. The number of nitrogens with one attached hydrogen (secondary N) is 1. The number of amides is 1. The lowest BCUT2D eigenvalue weighted by atomic mass is 9.99. The maximum Gasteiger partial charge on any atom is 0.244 e. The number of rotatable bonds is 7. The van der Waals surface area contributed by atoms with Crippen LogP contribution in [0.1, 0.15) is 17.2 Å². The summed E-state index contributed by atoms with van der Waals surface area (Å²) in [5, 5.41) is 3.58. The van der Waals surface area contributed by atoms with Crippen molar-refractivity contribution in [2.24, 2.45) is 0 Å². The van der Waals surface area contributed by atoms with Crippen LogP contribution in [-0.2, 0) is 14.8 Å². The van der Waals surface area contributed by atoms with Gasteiger partial charge in [0.15, 0.2) is 0 Å². The highest BCUT2D eigenvalue weighted by Gasteiger charge is 2.31. The molecule has 0 aromatic heterocycles. The number of hydrogen-bond donors (Lipinski definition) is 1. The van der Waals surface area contributed by atoms with Crippen LogP contribution in [0.4, 0.5) is 0 Å². The van der Waals surface area contributed by atoms with Crippen LogP contribution in [0, 0.1) is 0 Å². The number of nitrogens with zero attached hydrogens (tertiary/aromatic N) is 2. The second-order valence-corrected chi connectivity index (χ2v) is 10.8. The van der Waals surface area contributed by atoms with Crippen LogP contribution >= 0.6 is 23.2 Å². The average molecular weight is 518 g/mol. The van der Waals surface area contributed by atoms with Crippen LogP contribution in [0.2, 0.25) is 10.0 Å². The van der Waals surface area contributed by atoms with Crippen molar-refractivity contribution in [2.75, 3.05) is 32.7 Å². The van der Waals surface area contributed by atoms with Crippen molar-refractivity contribution in [2.45, 2.75) is 10.9 Å². The largest absolute Gasteiger partial charge is 0.344 e. The first-order valence-corrected chi connectivity index (χ1v) is 13.1. The van der Waals surface area contributed by atoms with Gasteiger partial charge in [-0.2, -0.15) is 4.31 Å². The molecule has 1 heterocycles. The molecule has 0 atom stereocenters. The molecular weight excluding hydrogens is 493 g/mol. The number of piperazine rings is 1. The van der Waals surface area contributed by atoms with E-state index in [0.29, 0.717) is 18.1 Å². The Bertz CT molecular complexity index is 1190.